The van der Waals surface area contributed by atoms with Crippen LogP contribution in [-0.2, 0) is 0 Å². The van der Waals surface area contributed by atoms with Crippen LogP contribution in [0.25, 0.3) is 0 Å². The highest BCUT2D eigenvalue weighted by Crippen LogP contribution is 2.37. The molecule has 0 aliphatic heterocycles. The van der Waals surface area contributed by atoms with Crippen LogP contribution in [-0.4, -0.2) is 7.11 Å². The van der Waals surface area contributed by atoms with Gasteiger partial charge in [0, 0.05) is 10.5 Å². The molecule has 2 aromatic rings. The van der Waals surface area contributed by atoms with Crippen LogP contribution < -0.4 is 4.74 Å². The average Bonchev–Trinajstić information content (AvgIpc) is 2.36. The molecule has 0 saturated carbocycles. The number of rotatable bonds is 3. The Morgan fingerprint density at radius 3 is 2.21 bits per heavy atom. The highest BCUT2D eigenvalue weighted by molar-refractivity contribution is 9.11. The molecule has 0 amide bonds. The van der Waals surface area contributed by atoms with Gasteiger partial charge in [-0.2, -0.15) is 0 Å². The van der Waals surface area contributed by atoms with Crippen molar-refractivity contribution in [3.63, 3.8) is 0 Å². The van der Waals surface area contributed by atoms with Gasteiger partial charge in [-0.1, -0.05) is 37.9 Å². The fraction of sp³-hybridized carbons (Fsp3) is 0.143. The summed E-state index contributed by atoms with van der Waals surface area (Å²) in [7, 11) is 1.58. The molecule has 100 valence electrons. The van der Waals surface area contributed by atoms with E-state index in [-0.39, 0.29) is 4.83 Å². The Balaban J connectivity index is 2.40. The second-order valence-corrected chi connectivity index (χ2v) is 5.72. The van der Waals surface area contributed by atoms with E-state index in [1.807, 2.05) is 6.07 Å². The Kier molecular flexibility index (Phi) is 4.58. The van der Waals surface area contributed by atoms with Gasteiger partial charge in [-0.15, -0.1) is 0 Å². The minimum Gasteiger partial charge on any atom is -0.497 e. The summed E-state index contributed by atoms with van der Waals surface area (Å²) < 4.78 is 32.4. The van der Waals surface area contributed by atoms with Crippen molar-refractivity contribution >= 4 is 31.9 Å². The van der Waals surface area contributed by atoms with Crippen LogP contribution in [0.3, 0.4) is 0 Å². The van der Waals surface area contributed by atoms with Crippen LogP contribution in [0.4, 0.5) is 8.78 Å². The van der Waals surface area contributed by atoms with Crippen LogP contribution in [0, 0.1) is 11.6 Å². The summed E-state index contributed by atoms with van der Waals surface area (Å²) in [5.41, 5.74) is 1.38. The number of benzene rings is 2. The van der Waals surface area contributed by atoms with E-state index in [0.717, 1.165) is 16.1 Å². The molecule has 0 aliphatic rings. The van der Waals surface area contributed by atoms with Gasteiger partial charge in [0.2, 0.25) is 0 Å². The topological polar surface area (TPSA) is 9.23 Å². The fourth-order valence-electron chi connectivity index (χ4n) is 1.74. The molecule has 5 heteroatoms. The maximum Gasteiger partial charge on any atom is 0.126 e. The second-order valence-electron chi connectivity index (χ2n) is 3.95. The summed E-state index contributed by atoms with van der Waals surface area (Å²) in [6.07, 6.45) is 0. The van der Waals surface area contributed by atoms with Crippen molar-refractivity contribution in [2.45, 2.75) is 4.83 Å². The lowest BCUT2D eigenvalue weighted by Gasteiger charge is -2.14. The molecule has 0 heterocycles. The summed E-state index contributed by atoms with van der Waals surface area (Å²) in [5, 5.41) is 0. The van der Waals surface area contributed by atoms with Crippen molar-refractivity contribution in [1.82, 2.24) is 0 Å². The standard InChI is InChI=1S/C14H10Br2F2O/c1-19-11-2-3-12(13(15)7-11)14(16)8-4-9(17)6-10(18)5-8/h2-7,14H,1H3. The zero-order valence-corrected chi connectivity index (χ0v) is 13.1. The normalized spacial score (nSPS) is 12.3. The van der Waals surface area contributed by atoms with E-state index in [9.17, 15) is 8.78 Å². The number of ether oxygens (including phenoxy) is 1. The summed E-state index contributed by atoms with van der Waals surface area (Å²) in [4.78, 5) is -0.307. The largest absolute Gasteiger partial charge is 0.497 e. The predicted molar refractivity (Wildman–Crippen MR) is 77.8 cm³/mol. The van der Waals surface area contributed by atoms with E-state index in [4.69, 9.17) is 4.74 Å². The molecule has 1 nitrogen and oxygen atoms in total. The minimum absolute atomic E-state index is 0.307. The van der Waals surface area contributed by atoms with Gasteiger partial charge in [-0.05, 0) is 35.4 Å². The smallest absolute Gasteiger partial charge is 0.126 e. The molecule has 0 N–H and O–H groups in total. The fourth-order valence-corrected chi connectivity index (χ4v) is 3.30. The van der Waals surface area contributed by atoms with E-state index in [1.165, 1.54) is 12.1 Å². The Hall–Kier alpha value is -0.940. The molecule has 1 atom stereocenters. The minimum atomic E-state index is -0.593. The quantitative estimate of drug-likeness (QED) is 0.651. The van der Waals surface area contributed by atoms with E-state index < -0.39 is 11.6 Å². The summed E-state index contributed by atoms with van der Waals surface area (Å²) >= 11 is 6.88. The van der Waals surface area contributed by atoms with Gasteiger partial charge in [-0.3, -0.25) is 0 Å². The first kappa shape index (κ1) is 14.5. The summed E-state index contributed by atoms with van der Waals surface area (Å²) in [5.74, 6) is -0.478. The molecule has 0 fully saturated rings. The molecule has 0 aromatic heterocycles. The number of hydrogen-bond acceptors (Lipinski definition) is 1. The summed E-state index contributed by atoms with van der Waals surface area (Å²) in [6.45, 7) is 0. The maximum absolute atomic E-state index is 13.2. The molecule has 2 rings (SSSR count). The number of methoxy groups -OCH3 is 1. The van der Waals surface area contributed by atoms with Crippen molar-refractivity contribution in [3.8, 4) is 5.75 Å². The van der Waals surface area contributed by atoms with Crippen LogP contribution in [0.15, 0.2) is 40.9 Å². The monoisotopic (exact) mass is 390 g/mol. The van der Waals surface area contributed by atoms with E-state index in [2.05, 4.69) is 31.9 Å². The molecule has 1 unspecified atom stereocenters. The van der Waals surface area contributed by atoms with E-state index in [0.29, 0.717) is 11.3 Å². The highest BCUT2D eigenvalue weighted by Gasteiger charge is 2.16. The molecule has 19 heavy (non-hydrogen) atoms. The maximum atomic E-state index is 13.2. The van der Waals surface area contributed by atoms with Crippen LogP contribution in [0.5, 0.6) is 5.75 Å². The molecule has 0 spiro atoms. The Labute approximate surface area is 126 Å². The van der Waals surface area contributed by atoms with Gasteiger partial charge < -0.3 is 4.74 Å². The van der Waals surface area contributed by atoms with Gasteiger partial charge in [0.05, 0.1) is 11.9 Å². The third-order valence-corrected chi connectivity index (χ3v) is 4.37. The first-order valence-electron chi connectivity index (χ1n) is 5.44. The third-order valence-electron chi connectivity index (χ3n) is 2.66. The average molecular weight is 392 g/mol. The molecular formula is C14H10Br2F2O. The van der Waals surface area contributed by atoms with Gasteiger partial charge in [0.25, 0.3) is 0 Å². The van der Waals surface area contributed by atoms with Crippen molar-refractivity contribution < 1.29 is 13.5 Å². The lowest BCUT2D eigenvalue weighted by molar-refractivity contribution is 0.414. The van der Waals surface area contributed by atoms with Crippen molar-refractivity contribution in [2.75, 3.05) is 7.11 Å². The third kappa shape index (κ3) is 3.34. The first-order chi connectivity index (χ1) is 9.01. The number of hydrogen-bond donors (Lipinski definition) is 0. The molecule has 0 aliphatic carbocycles. The lowest BCUT2D eigenvalue weighted by atomic mass is 10.0. The van der Waals surface area contributed by atoms with Crippen LogP contribution >= 0.6 is 31.9 Å². The molecule has 0 radical (unpaired) electrons. The Morgan fingerprint density at radius 1 is 1.05 bits per heavy atom. The predicted octanol–water partition coefficient (Wildman–Crippen LogP) is 5.22. The highest BCUT2D eigenvalue weighted by atomic mass is 79.9. The number of alkyl halides is 1. The van der Waals surface area contributed by atoms with Crippen LogP contribution in [0.1, 0.15) is 16.0 Å². The van der Waals surface area contributed by atoms with Crippen LogP contribution in [0.2, 0.25) is 0 Å². The Morgan fingerprint density at radius 2 is 1.68 bits per heavy atom. The zero-order chi connectivity index (χ0) is 14.0. The van der Waals surface area contributed by atoms with Gasteiger partial charge >= 0.3 is 0 Å². The zero-order valence-electron chi connectivity index (χ0n) is 9.96. The van der Waals surface area contributed by atoms with Crippen molar-refractivity contribution in [1.29, 1.82) is 0 Å². The molecular weight excluding hydrogens is 382 g/mol. The first-order valence-corrected chi connectivity index (χ1v) is 7.15. The SMILES string of the molecule is COc1ccc(C(Br)c2cc(F)cc(F)c2)c(Br)c1. The lowest BCUT2D eigenvalue weighted by Crippen LogP contribution is -1.97. The van der Waals surface area contributed by atoms with Crippen molar-refractivity contribution in [2.24, 2.45) is 0 Å². The number of halogens is 4. The molecule has 0 bridgehead atoms. The molecule has 0 saturated heterocycles. The van der Waals surface area contributed by atoms with E-state index >= 15 is 0 Å². The Bertz CT molecular complexity index is 582. The van der Waals surface area contributed by atoms with Crippen molar-refractivity contribution in [3.05, 3.63) is 63.6 Å². The van der Waals surface area contributed by atoms with Gasteiger partial charge in [-0.25, -0.2) is 8.78 Å². The van der Waals surface area contributed by atoms with Gasteiger partial charge in [0.15, 0.2) is 0 Å². The second kappa shape index (κ2) is 6.01. The summed E-state index contributed by atoms with van der Waals surface area (Å²) in [6, 6.07) is 8.90. The van der Waals surface area contributed by atoms with Gasteiger partial charge in [0.1, 0.15) is 17.4 Å². The molecule has 2 aromatic carbocycles. The van der Waals surface area contributed by atoms with E-state index in [1.54, 1.807) is 19.2 Å².